The molecular weight excluding hydrogens is 184 g/mol. The lowest BCUT2D eigenvalue weighted by Gasteiger charge is -2.19. The summed E-state index contributed by atoms with van der Waals surface area (Å²) in [5.74, 6) is 1.91. The topological polar surface area (TPSA) is 29.5 Å². The standard InChI is InChI=1S/C10H18O2S/c1-13-8-4-5-9(11)10-6-2-3-7-12-10/h6,9,11H,2-5,7-8H2,1H3. The van der Waals surface area contributed by atoms with Gasteiger partial charge in [0.15, 0.2) is 0 Å². The third-order valence-electron chi connectivity index (χ3n) is 2.12. The summed E-state index contributed by atoms with van der Waals surface area (Å²) in [5, 5.41) is 9.70. The molecule has 3 heteroatoms. The van der Waals surface area contributed by atoms with E-state index < -0.39 is 0 Å². The average molecular weight is 202 g/mol. The molecule has 1 N–H and O–H groups in total. The predicted octanol–water partition coefficient (Wildman–Crippen LogP) is 2.18. The van der Waals surface area contributed by atoms with Gasteiger partial charge in [-0.05, 0) is 43.8 Å². The molecule has 1 aliphatic heterocycles. The first-order valence-corrected chi connectivity index (χ1v) is 6.24. The van der Waals surface area contributed by atoms with Crippen LogP contribution in [0.5, 0.6) is 0 Å². The smallest absolute Gasteiger partial charge is 0.120 e. The molecule has 0 radical (unpaired) electrons. The summed E-state index contributed by atoms with van der Waals surface area (Å²) in [6, 6.07) is 0. The van der Waals surface area contributed by atoms with Crippen molar-refractivity contribution in [2.75, 3.05) is 18.6 Å². The van der Waals surface area contributed by atoms with Crippen molar-refractivity contribution in [3.8, 4) is 0 Å². The largest absolute Gasteiger partial charge is 0.496 e. The number of rotatable bonds is 5. The van der Waals surface area contributed by atoms with E-state index in [-0.39, 0.29) is 6.10 Å². The lowest BCUT2D eigenvalue weighted by atomic mass is 10.1. The minimum atomic E-state index is -0.368. The molecule has 0 spiro atoms. The van der Waals surface area contributed by atoms with Crippen LogP contribution in [0.4, 0.5) is 0 Å². The van der Waals surface area contributed by atoms with Crippen molar-refractivity contribution in [1.82, 2.24) is 0 Å². The third kappa shape index (κ3) is 4.05. The number of allylic oxidation sites excluding steroid dienone is 1. The highest BCUT2D eigenvalue weighted by atomic mass is 32.2. The van der Waals surface area contributed by atoms with E-state index in [4.69, 9.17) is 4.74 Å². The van der Waals surface area contributed by atoms with Gasteiger partial charge < -0.3 is 9.84 Å². The lowest BCUT2D eigenvalue weighted by molar-refractivity contribution is 0.0864. The van der Waals surface area contributed by atoms with E-state index in [1.165, 1.54) is 0 Å². The Kier molecular flexibility index (Phi) is 5.32. The van der Waals surface area contributed by atoms with Crippen LogP contribution in [0.3, 0.4) is 0 Å². The molecule has 76 valence electrons. The van der Waals surface area contributed by atoms with Gasteiger partial charge in [-0.3, -0.25) is 0 Å². The molecule has 0 bridgehead atoms. The molecule has 1 rings (SSSR count). The minimum absolute atomic E-state index is 0.368. The summed E-state index contributed by atoms with van der Waals surface area (Å²) in [7, 11) is 0. The molecule has 2 nitrogen and oxygen atoms in total. The fourth-order valence-electron chi connectivity index (χ4n) is 1.37. The van der Waals surface area contributed by atoms with Gasteiger partial charge in [0, 0.05) is 0 Å². The molecule has 1 atom stereocenters. The zero-order valence-electron chi connectivity index (χ0n) is 8.16. The van der Waals surface area contributed by atoms with Gasteiger partial charge in [0.2, 0.25) is 0 Å². The monoisotopic (exact) mass is 202 g/mol. The van der Waals surface area contributed by atoms with E-state index >= 15 is 0 Å². The first kappa shape index (κ1) is 10.9. The van der Waals surface area contributed by atoms with Gasteiger partial charge in [-0.25, -0.2) is 0 Å². The summed E-state index contributed by atoms with van der Waals surface area (Å²) in [4.78, 5) is 0. The molecule has 0 aliphatic carbocycles. The van der Waals surface area contributed by atoms with Crippen LogP contribution in [-0.4, -0.2) is 29.8 Å². The highest BCUT2D eigenvalue weighted by Crippen LogP contribution is 2.17. The van der Waals surface area contributed by atoms with Crippen LogP contribution in [0, 0.1) is 0 Å². The second kappa shape index (κ2) is 6.33. The fourth-order valence-corrected chi connectivity index (χ4v) is 1.83. The molecular formula is C10H18O2S. The molecule has 0 aromatic rings. The lowest BCUT2D eigenvalue weighted by Crippen LogP contribution is -2.16. The quantitative estimate of drug-likeness (QED) is 0.693. The first-order chi connectivity index (χ1) is 6.34. The van der Waals surface area contributed by atoms with Crippen molar-refractivity contribution in [1.29, 1.82) is 0 Å². The molecule has 1 heterocycles. The van der Waals surface area contributed by atoms with Crippen LogP contribution >= 0.6 is 11.8 Å². The molecule has 0 saturated carbocycles. The molecule has 13 heavy (non-hydrogen) atoms. The Morgan fingerprint density at radius 2 is 2.54 bits per heavy atom. The predicted molar refractivity (Wildman–Crippen MR) is 56.9 cm³/mol. The molecule has 0 aromatic heterocycles. The van der Waals surface area contributed by atoms with Crippen molar-refractivity contribution < 1.29 is 9.84 Å². The fraction of sp³-hybridized carbons (Fsp3) is 0.800. The van der Waals surface area contributed by atoms with E-state index in [2.05, 4.69) is 6.26 Å². The van der Waals surface area contributed by atoms with Crippen LogP contribution in [0.1, 0.15) is 25.7 Å². The van der Waals surface area contributed by atoms with Crippen molar-refractivity contribution in [3.63, 3.8) is 0 Å². The highest BCUT2D eigenvalue weighted by molar-refractivity contribution is 7.98. The average Bonchev–Trinajstić information content (AvgIpc) is 2.19. The second-order valence-corrected chi connectivity index (χ2v) is 4.23. The zero-order chi connectivity index (χ0) is 9.52. The Morgan fingerprint density at radius 3 is 3.15 bits per heavy atom. The maximum atomic E-state index is 9.70. The highest BCUT2D eigenvalue weighted by Gasteiger charge is 2.13. The Balaban J connectivity index is 2.21. The number of ether oxygens (including phenoxy) is 1. The number of hydrogen-bond acceptors (Lipinski definition) is 3. The summed E-state index contributed by atoms with van der Waals surface area (Å²) >= 11 is 1.82. The van der Waals surface area contributed by atoms with Gasteiger partial charge in [0.05, 0.1) is 6.61 Å². The van der Waals surface area contributed by atoms with Crippen LogP contribution < -0.4 is 0 Å². The van der Waals surface area contributed by atoms with Gasteiger partial charge in [0.25, 0.3) is 0 Å². The van der Waals surface area contributed by atoms with Gasteiger partial charge in [-0.1, -0.05) is 0 Å². The van der Waals surface area contributed by atoms with Gasteiger partial charge >= 0.3 is 0 Å². The Bertz CT molecular complexity index is 168. The maximum absolute atomic E-state index is 9.70. The summed E-state index contributed by atoms with van der Waals surface area (Å²) in [6.07, 6.45) is 7.76. The summed E-state index contributed by atoms with van der Waals surface area (Å²) < 4.78 is 5.37. The number of hydrogen-bond donors (Lipinski definition) is 1. The summed E-state index contributed by atoms with van der Waals surface area (Å²) in [6.45, 7) is 0.769. The zero-order valence-corrected chi connectivity index (χ0v) is 8.98. The Labute approximate surface area is 84.4 Å². The van der Waals surface area contributed by atoms with Crippen LogP contribution in [0.2, 0.25) is 0 Å². The van der Waals surface area contributed by atoms with Crippen molar-refractivity contribution in [3.05, 3.63) is 11.8 Å². The van der Waals surface area contributed by atoms with Gasteiger partial charge in [0.1, 0.15) is 11.9 Å². The normalized spacial score (nSPS) is 19.1. The Morgan fingerprint density at radius 1 is 1.69 bits per heavy atom. The SMILES string of the molecule is CSCCCC(O)C1=CCCCO1. The number of thioether (sulfide) groups is 1. The van der Waals surface area contributed by atoms with Gasteiger partial charge in [-0.15, -0.1) is 0 Å². The maximum Gasteiger partial charge on any atom is 0.120 e. The molecule has 0 fully saturated rings. The molecule has 0 aromatic carbocycles. The second-order valence-electron chi connectivity index (χ2n) is 3.25. The molecule has 1 unspecified atom stereocenters. The van der Waals surface area contributed by atoms with Crippen LogP contribution in [-0.2, 0) is 4.74 Å². The van der Waals surface area contributed by atoms with E-state index in [1.807, 2.05) is 17.8 Å². The van der Waals surface area contributed by atoms with E-state index in [0.29, 0.717) is 0 Å². The Hall–Kier alpha value is -0.150. The van der Waals surface area contributed by atoms with E-state index in [0.717, 1.165) is 43.8 Å². The van der Waals surface area contributed by atoms with E-state index in [9.17, 15) is 5.11 Å². The van der Waals surface area contributed by atoms with Crippen LogP contribution in [0.25, 0.3) is 0 Å². The molecule has 1 aliphatic rings. The number of aliphatic hydroxyl groups is 1. The van der Waals surface area contributed by atoms with E-state index in [1.54, 1.807) is 0 Å². The molecule has 0 amide bonds. The minimum Gasteiger partial charge on any atom is -0.496 e. The molecule has 0 saturated heterocycles. The van der Waals surface area contributed by atoms with Gasteiger partial charge in [-0.2, -0.15) is 11.8 Å². The van der Waals surface area contributed by atoms with Crippen molar-refractivity contribution in [2.45, 2.75) is 31.8 Å². The van der Waals surface area contributed by atoms with Crippen molar-refractivity contribution in [2.24, 2.45) is 0 Å². The van der Waals surface area contributed by atoms with Crippen LogP contribution in [0.15, 0.2) is 11.8 Å². The summed E-state index contributed by atoms with van der Waals surface area (Å²) in [5.41, 5.74) is 0. The third-order valence-corrected chi connectivity index (χ3v) is 2.81. The number of aliphatic hydroxyl groups excluding tert-OH is 1. The first-order valence-electron chi connectivity index (χ1n) is 4.84. The van der Waals surface area contributed by atoms with Crippen molar-refractivity contribution >= 4 is 11.8 Å².